The minimum Gasteiger partial charge on any atom is -0.354 e. The lowest BCUT2D eigenvalue weighted by molar-refractivity contribution is 0.137. The van der Waals surface area contributed by atoms with Gasteiger partial charge in [-0.3, -0.25) is 9.69 Å². The van der Waals surface area contributed by atoms with Gasteiger partial charge >= 0.3 is 0 Å². The summed E-state index contributed by atoms with van der Waals surface area (Å²) in [6.07, 6.45) is 0. The Morgan fingerprint density at radius 3 is 2.56 bits per heavy atom. The van der Waals surface area contributed by atoms with Gasteiger partial charge in [0.25, 0.3) is 5.56 Å². The first kappa shape index (κ1) is 11.7. The van der Waals surface area contributed by atoms with Gasteiger partial charge in [0, 0.05) is 51.4 Å². The second kappa shape index (κ2) is 4.70. The van der Waals surface area contributed by atoms with Crippen LogP contribution in [0.3, 0.4) is 0 Å². The third-order valence-corrected chi connectivity index (χ3v) is 3.76. The van der Waals surface area contributed by atoms with E-state index in [0.29, 0.717) is 11.9 Å². The van der Waals surface area contributed by atoms with Crippen LogP contribution in [-0.4, -0.2) is 60.2 Å². The van der Waals surface area contributed by atoms with Crippen molar-refractivity contribution in [1.29, 1.82) is 0 Å². The minimum atomic E-state index is -0.0666. The van der Waals surface area contributed by atoms with Crippen molar-refractivity contribution in [2.24, 2.45) is 0 Å². The van der Waals surface area contributed by atoms with E-state index in [2.05, 4.69) is 25.1 Å². The highest BCUT2D eigenvalue weighted by atomic mass is 16.1. The van der Waals surface area contributed by atoms with Gasteiger partial charge in [0.2, 0.25) is 0 Å². The van der Waals surface area contributed by atoms with Gasteiger partial charge in [-0.1, -0.05) is 0 Å². The second-order valence-corrected chi connectivity index (χ2v) is 5.02. The molecule has 2 N–H and O–H groups in total. The summed E-state index contributed by atoms with van der Waals surface area (Å²) in [4.78, 5) is 23.2. The molecule has 6 nitrogen and oxygen atoms in total. The van der Waals surface area contributed by atoms with Crippen LogP contribution in [0, 0.1) is 6.92 Å². The van der Waals surface area contributed by atoms with Gasteiger partial charge in [0.05, 0.1) is 0 Å². The largest absolute Gasteiger partial charge is 0.354 e. The first-order valence-electron chi connectivity index (χ1n) is 6.50. The second-order valence-electron chi connectivity index (χ2n) is 5.02. The van der Waals surface area contributed by atoms with Crippen molar-refractivity contribution in [2.75, 3.05) is 44.2 Å². The van der Waals surface area contributed by atoms with Crippen molar-refractivity contribution >= 4 is 5.82 Å². The highest BCUT2D eigenvalue weighted by molar-refractivity contribution is 5.38. The molecule has 3 rings (SSSR count). The van der Waals surface area contributed by atoms with E-state index in [1.54, 1.807) is 6.07 Å². The molecule has 0 unspecified atom stereocenters. The highest BCUT2D eigenvalue weighted by Gasteiger charge is 2.28. The number of aromatic amines is 1. The molecule has 1 aromatic heterocycles. The zero-order valence-corrected chi connectivity index (χ0v) is 10.6. The predicted octanol–water partition coefficient (Wildman–Crippen LogP) is -0.828. The Labute approximate surface area is 106 Å². The van der Waals surface area contributed by atoms with Crippen LogP contribution in [0.5, 0.6) is 0 Å². The van der Waals surface area contributed by atoms with Crippen LogP contribution in [0.4, 0.5) is 5.82 Å². The first-order chi connectivity index (χ1) is 8.72. The molecule has 0 spiro atoms. The molecule has 0 aromatic carbocycles. The molecule has 0 amide bonds. The summed E-state index contributed by atoms with van der Waals surface area (Å²) in [6, 6.07) is 2.30. The number of rotatable bonds is 2. The van der Waals surface area contributed by atoms with Crippen LogP contribution in [0.2, 0.25) is 0 Å². The maximum Gasteiger partial charge on any atom is 0.252 e. The molecule has 2 saturated heterocycles. The number of hydrogen-bond acceptors (Lipinski definition) is 5. The van der Waals surface area contributed by atoms with Crippen molar-refractivity contribution in [3.05, 3.63) is 22.2 Å². The number of aryl methyl sites for hydroxylation is 1. The molecule has 2 aliphatic rings. The number of aromatic nitrogens is 2. The van der Waals surface area contributed by atoms with Crippen molar-refractivity contribution in [3.63, 3.8) is 0 Å². The zero-order chi connectivity index (χ0) is 12.5. The number of nitrogens with one attached hydrogen (secondary N) is 2. The van der Waals surface area contributed by atoms with Crippen LogP contribution in [0.1, 0.15) is 5.82 Å². The summed E-state index contributed by atoms with van der Waals surface area (Å²) < 4.78 is 0. The molecular weight excluding hydrogens is 230 g/mol. The highest BCUT2D eigenvalue weighted by Crippen LogP contribution is 2.14. The van der Waals surface area contributed by atoms with Gasteiger partial charge in [0.15, 0.2) is 0 Å². The van der Waals surface area contributed by atoms with Gasteiger partial charge in [0.1, 0.15) is 11.6 Å². The summed E-state index contributed by atoms with van der Waals surface area (Å²) in [5.41, 5.74) is -0.0666. The summed E-state index contributed by atoms with van der Waals surface area (Å²) in [5, 5.41) is 3.30. The molecule has 6 heteroatoms. The lowest BCUT2D eigenvalue weighted by Gasteiger charge is -2.43. The Kier molecular flexibility index (Phi) is 3.05. The van der Waals surface area contributed by atoms with E-state index in [4.69, 9.17) is 0 Å². The quantitative estimate of drug-likeness (QED) is 0.716. The third-order valence-electron chi connectivity index (χ3n) is 3.76. The summed E-state index contributed by atoms with van der Waals surface area (Å²) in [5.74, 6) is 1.49. The van der Waals surface area contributed by atoms with E-state index in [0.717, 1.165) is 45.1 Å². The van der Waals surface area contributed by atoms with Gasteiger partial charge in [-0.05, 0) is 6.92 Å². The third kappa shape index (κ3) is 2.26. The molecule has 2 fully saturated rings. The normalized spacial score (nSPS) is 21.9. The average Bonchev–Trinajstić information content (AvgIpc) is 2.26. The van der Waals surface area contributed by atoms with Gasteiger partial charge in [-0.25, -0.2) is 4.98 Å². The molecule has 0 aliphatic carbocycles. The Morgan fingerprint density at radius 1 is 1.28 bits per heavy atom. The van der Waals surface area contributed by atoms with Gasteiger partial charge in [-0.2, -0.15) is 0 Å². The molecule has 2 aliphatic heterocycles. The fraction of sp³-hybridized carbons (Fsp3) is 0.667. The zero-order valence-electron chi connectivity index (χ0n) is 10.6. The summed E-state index contributed by atoms with van der Waals surface area (Å²) in [7, 11) is 0. The van der Waals surface area contributed by atoms with E-state index in [9.17, 15) is 4.79 Å². The number of H-pyrrole nitrogens is 1. The number of hydrogen-bond donors (Lipinski definition) is 2. The Balaban J connectivity index is 1.66. The van der Waals surface area contributed by atoms with E-state index >= 15 is 0 Å². The van der Waals surface area contributed by atoms with E-state index in [1.807, 2.05) is 6.92 Å². The van der Waals surface area contributed by atoms with E-state index in [-0.39, 0.29) is 5.56 Å². The molecule has 1 aromatic rings. The van der Waals surface area contributed by atoms with Crippen molar-refractivity contribution in [1.82, 2.24) is 20.2 Å². The van der Waals surface area contributed by atoms with Crippen molar-refractivity contribution < 1.29 is 0 Å². The topological polar surface area (TPSA) is 64.3 Å². The molecular formula is C12H19N5O. The van der Waals surface area contributed by atoms with Gasteiger partial charge in [-0.15, -0.1) is 0 Å². The molecule has 0 bridgehead atoms. The van der Waals surface area contributed by atoms with Crippen molar-refractivity contribution in [3.8, 4) is 0 Å². The fourth-order valence-electron chi connectivity index (χ4n) is 2.57. The minimum absolute atomic E-state index is 0.0666. The van der Waals surface area contributed by atoms with E-state index in [1.165, 1.54) is 0 Å². The predicted molar refractivity (Wildman–Crippen MR) is 70.0 cm³/mol. The summed E-state index contributed by atoms with van der Waals surface area (Å²) >= 11 is 0. The standard InChI is InChI=1S/C12H19N5O/c1-9-14-11(6-12(18)15-9)17-4-2-16(3-5-17)10-7-13-8-10/h6,10,13H,2-5,7-8H2,1H3,(H,14,15,18). The molecule has 0 saturated carbocycles. The maximum atomic E-state index is 11.4. The lowest BCUT2D eigenvalue weighted by atomic mass is 10.1. The first-order valence-corrected chi connectivity index (χ1v) is 6.50. The summed E-state index contributed by atoms with van der Waals surface area (Å²) in [6.45, 7) is 8.06. The molecule has 0 atom stereocenters. The Hall–Kier alpha value is -1.40. The van der Waals surface area contributed by atoms with Crippen molar-refractivity contribution in [2.45, 2.75) is 13.0 Å². The fourth-order valence-corrected chi connectivity index (χ4v) is 2.57. The molecule has 18 heavy (non-hydrogen) atoms. The number of nitrogens with zero attached hydrogens (tertiary/aromatic N) is 3. The number of piperazine rings is 1. The average molecular weight is 249 g/mol. The Morgan fingerprint density at radius 2 is 2.00 bits per heavy atom. The van der Waals surface area contributed by atoms with Crippen LogP contribution in [-0.2, 0) is 0 Å². The molecule has 98 valence electrons. The smallest absolute Gasteiger partial charge is 0.252 e. The lowest BCUT2D eigenvalue weighted by Crippen LogP contribution is -2.61. The van der Waals surface area contributed by atoms with Crippen LogP contribution in [0.15, 0.2) is 10.9 Å². The van der Waals surface area contributed by atoms with E-state index < -0.39 is 0 Å². The monoisotopic (exact) mass is 249 g/mol. The molecule has 3 heterocycles. The van der Waals surface area contributed by atoms with Crippen LogP contribution >= 0.6 is 0 Å². The maximum absolute atomic E-state index is 11.4. The van der Waals surface area contributed by atoms with Crippen LogP contribution in [0.25, 0.3) is 0 Å². The number of anilines is 1. The molecule has 0 radical (unpaired) electrons. The SMILES string of the molecule is Cc1nc(N2CCN(C3CNC3)CC2)cc(=O)[nH]1. The van der Waals surface area contributed by atoms with Crippen LogP contribution < -0.4 is 15.8 Å². The van der Waals surface area contributed by atoms with Gasteiger partial charge < -0.3 is 15.2 Å². The Bertz CT molecular complexity index is 474.